The van der Waals surface area contributed by atoms with Crippen LogP contribution in [0.4, 0.5) is 0 Å². The quantitative estimate of drug-likeness (QED) is 0.591. The number of hydrogen-bond donors (Lipinski definition) is 0. The molecule has 0 unspecified atom stereocenters. The van der Waals surface area contributed by atoms with Crippen LogP contribution in [-0.4, -0.2) is 5.12 Å². The summed E-state index contributed by atoms with van der Waals surface area (Å²) in [5, 5.41) is 1.79. The highest BCUT2D eigenvalue weighted by atomic mass is 35.5. The maximum absolute atomic E-state index is 12.3. The van der Waals surface area contributed by atoms with Gasteiger partial charge < -0.3 is 4.42 Å². The molecule has 0 aliphatic rings. The van der Waals surface area contributed by atoms with Gasteiger partial charge in [-0.25, -0.2) is 0 Å². The third kappa shape index (κ3) is 3.37. The highest BCUT2D eigenvalue weighted by Gasteiger charge is 2.12. The molecular weight excluding hydrogens is 316 g/mol. The molecule has 0 saturated carbocycles. The smallest absolute Gasteiger partial charge is 0.198 e. The van der Waals surface area contributed by atoms with Gasteiger partial charge >= 0.3 is 0 Å². The molecule has 0 atom stereocenters. The van der Waals surface area contributed by atoms with Gasteiger partial charge in [-0.3, -0.25) is 4.79 Å². The Morgan fingerprint density at radius 1 is 1.18 bits per heavy atom. The fraction of sp³-hybridized carbons (Fsp3) is 0.167. The summed E-state index contributed by atoms with van der Waals surface area (Å²) < 4.78 is 5.54. The van der Waals surface area contributed by atoms with E-state index in [4.69, 9.17) is 16.0 Å². The summed E-state index contributed by atoms with van der Waals surface area (Å²) in [5.74, 6) is 0. The summed E-state index contributed by atoms with van der Waals surface area (Å²) in [5.41, 5.74) is 3.02. The van der Waals surface area contributed by atoms with Crippen molar-refractivity contribution in [3.63, 3.8) is 0 Å². The van der Waals surface area contributed by atoms with Crippen LogP contribution in [-0.2, 0) is 17.6 Å². The lowest BCUT2D eigenvalue weighted by molar-refractivity contribution is -0.110. The second kappa shape index (κ2) is 6.59. The van der Waals surface area contributed by atoms with Crippen molar-refractivity contribution in [2.24, 2.45) is 0 Å². The van der Waals surface area contributed by atoms with Crippen molar-refractivity contribution in [3.05, 3.63) is 64.9 Å². The van der Waals surface area contributed by atoms with Gasteiger partial charge in [0.2, 0.25) is 0 Å². The molecule has 3 rings (SSSR count). The number of carbonyl (C=O) groups is 1. The Morgan fingerprint density at radius 2 is 1.95 bits per heavy atom. The van der Waals surface area contributed by atoms with Crippen LogP contribution < -0.4 is 0 Å². The molecule has 112 valence electrons. The minimum atomic E-state index is 0.0897. The number of carbonyl (C=O) groups excluding carboxylic acids is 1. The number of benzene rings is 2. The van der Waals surface area contributed by atoms with Crippen molar-refractivity contribution in [3.8, 4) is 0 Å². The molecule has 0 amide bonds. The summed E-state index contributed by atoms with van der Waals surface area (Å²) in [6.07, 6.45) is 3.01. The van der Waals surface area contributed by atoms with Gasteiger partial charge in [0.05, 0.1) is 6.26 Å². The molecule has 0 saturated heterocycles. The van der Waals surface area contributed by atoms with Gasteiger partial charge in [0.15, 0.2) is 5.12 Å². The lowest BCUT2D eigenvalue weighted by Crippen LogP contribution is -1.96. The summed E-state index contributed by atoms with van der Waals surface area (Å²) in [4.78, 5) is 13.2. The first-order valence-corrected chi connectivity index (χ1v) is 8.30. The van der Waals surface area contributed by atoms with E-state index in [0.29, 0.717) is 11.4 Å². The minimum absolute atomic E-state index is 0.0897. The van der Waals surface area contributed by atoms with E-state index in [1.807, 2.05) is 18.2 Å². The van der Waals surface area contributed by atoms with Crippen LogP contribution in [0.1, 0.15) is 18.1 Å². The molecule has 0 bridgehead atoms. The van der Waals surface area contributed by atoms with Gasteiger partial charge in [0.25, 0.3) is 0 Å². The van der Waals surface area contributed by atoms with Gasteiger partial charge in [-0.15, -0.1) is 0 Å². The Morgan fingerprint density at radius 3 is 2.68 bits per heavy atom. The van der Waals surface area contributed by atoms with E-state index < -0.39 is 0 Å². The number of furan rings is 1. The van der Waals surface area contributed by atoms with E-state index in [9.17, 15) is 4.79 Å². The third-order valence-electron chi connectivity index (χ3n) is 3.51. The monoisotopic (exact) mass is 330 g/mol. The van der Waals surface area contributed by atoms with Crippen molar-refractivity contribution >= 4 is 39.4 Å². The average Bonchev–Trinajstić information content (AvgIpc) is 2.91. The molecule has 0 aliphatic heterocycles. The van der Waals surface area contributed by atoms with E-state index in [1.165, 1.54) is 17.3 Å². The van der Waals surface area contributed by atoms with E-state index in [0.717, 1.165) is 27.8 Å². The molecule has 3 aromatic rings. The summed E-state index contributed by atoms with van der Waals surface area (Å²) in [6, 6.07) is 13.4. The zero-order valence-corrected chi connectivity index (χ0v) is 13.7. The van der Waals surface area contributed by atoms with Gasteiger partial charge in [0, 0.05) is 27.3 Å². The number of aryl methyl sites for hydroxylation is 1. The maximum Gasteiger partial charge on any atom is 0.198 e. The lowest BCUT2D eigenvalue weighted by Gasteiger charge is -2.01. The van der Waals surface area contributed by atoms with E-state index in [1.54, 1.807) is 18.4 Å². The summed E-state index contributed by atoms with van der Waals surface area (Å²) in [6.45, 7) is 2.11. The van der Waals surface area contributed by atoms with Crippen LogP contribution in [0.2, 0.25) is 5.02 Å². The van der Waals surface area contributed by atoms with Crippen LogP contribution in [0, 0.1) is 0 Å². The molecule has 22 heavy (non-hydrogen) atoms. The molecule has 1 aromatic heterocycles. The Hall–Kier alpha value is -1.71. The van der Waals surface area contributed by atoms with Gasteiger partial charge in [-0.2, -0.15) is 0 Å². The molecule has 0 N–H and O–H groups in total. The highest BCUT2D eigenvalue weighted by molar-refractivity contribution is 8.13. The zero-order valence-electron chi connectivity index (χ0n) is 12.1. The molecule has 1 heterocycles. The standard InChI is InChI=1S/C18H15ClO2S/c1-2-12-3-8-17-16(9-12)13(11-21-17)10-18(20)22-15-6-4-14(19)5-7-15/h3-9,11H,2,10H2,1H3. The number of fused-ring (bicyclic) bond motifs is 1. The summed E-state index contributed by atoms with van der Waals surface area (Å²) in [7, 11) is 0. The first kappa shape index (κ1) is 15.2. The predicted octanol–water partition coefficient (Wildman–Crippen LogP) is 5.51. The predicted molar refractivity (Wildman–Crippen MR) is 91.6 cm³/mol. The van der Waals surface area contributed by atoms with E-state index in [2.05, 4.69) is 19.1 Å². The SMILES string of the molecule is CCc1ccc2occ(CC(=O)Sc3ccc(Cl)cc3)c2c1. The molecule has 0 aliphatic carbocycles. The number of halogens is 1. The number of thioether (sulfide) groups is 1. The molecule has 0 radical (unpaired) electrons. The van der Waals surface area contributed by atoms with E-state index >= 15 is 0 Å². The molecular formula is C18H15ClO2S. The average molecular weight is 331 g/mol. The Kier molecular flexibility index (Phi) is 4.55. The molecule has 2 aromatic carbocycles. The third-order valence-corrected chi connectivity index (χ3v) is 4.64. The molecule has 0 fully saturated rings. The van der Waals surface area contributed by atoms with Crippen LogP contribution in [0.25, 0.3) is 11.0 Å². The van der Waals surface area contributed by atoms with Crippen molar-refractivity contribution < 1.29 is 9.21 Å². The highest BCUT2D eigenvalue weighted by Crippen LogP contribution is 2.27. The largest absolute Gasteiger partial charge is 0.464 e. The van der Waals surface area contributed by atoms with Gasteiger partial charge in [0.1, 0.15) is 5.58 Å². The van der Waals surface area contributed by atoms with Crippen LogP contribution in [0.3, 0.4) is 0 Å². The maximum atomic E-state index is 12.3. The fourth-order valence-corrected chi connectivity index (χ4v) is 3.20. The van der Waals surface area contributed by atoms with Crippen molar-refractivity contribution in [2.45, 2.75) is 24.7 Å². The fourth-order valence-electron chi connectivity index (χ4n) is 2.31. The van der Waals surface area contributed by atoms with Gasteiger partial charge in [-0.1, -0.05) is 36.4 Å². The second-order valence-electron chi connectivity index (χ2n) is 5.05. The van der Waals surface area contributed by atoms with Crippen molar-refractivity contribution in [1.29, 1.82) is 0 Å². The first-order chi connectivity index (χ1) is 10.7. The molecule has 2 nitrogen and oxygen atoms in total. The van der Waals surface area contributed by atoms with Crippen molar-refractivity contribution in [1.82, 2.24) is 0 Å². The topological polar surface area (TPSA) is 30.2 Å². The molecule has 0 spiro atoms. The number of hydrogen-bond acceptors (Lipinski definition) is 3. The Bertz CT molecular complexity index is 806. The Balaban J connectivity index is 1.77. The summed E-state index contributed by atoms with van der Waals surface area (Å²) >= 11 is 7.08. The molecule has 4 heteroatoms. The van der Waals surface area contributed by atoms with Crippen LogP contribution >= 0.6 is 23.4 Å². The van der Waals surface area contributed by atoms with Crippen LogP contribution in [0.15, 0.2) is 58.0 Å². The second-order valence-corrected chi connectivity index (χ2v) is 6.62. The Labute approximate surface area is 138 Å². The lowest BCUT2D eigenvalue weighted by atomic mass is 10.1. The minimum Gasteiger partial charge on any atom is -0.464 e. The van der Waals surface area contributed by atoms with Crippen LogP contribution in [0.5, 0.6) is 0 Å². The normalized spacial score (nSPS) is 11.0. The van der Waals surface area contributed by atoms with Crippen molar-refractivity contribution in [2.75, 3.05) is 0 Å². The number of rotatable bonds is 4. The zero-order chi connectivity index (χ0) is 15.5. The van der Waals surface area contributed by atoms with Gasteiger partial charge in [-0.05, 0) is 48.4 Å². The van der Waals surface area contributed by atoms with E-state index in [-0.39, 0.29) is 5.12 Å². The first-order valence-electron chi connectivity index (χ1n) is 7.11.